The molecular weight excluding hydrogens is 378 g/mol. The molecule has 25 heavy (non-hydrogen) atoms. The minimum Gasteiger partial charge on any atom is -0.497 e. The van der Waals surface area contributed by atoms with Crippen LogP contribution in [-0.2, 0) is 16.6 Å². The summed E-state index contributed by atoms with van der Waals surface area (Å²) in [4.78, 5) is 0.996. The summed E-state index contributed by atoms with van der Waals surface area (Å²) in [5.41, 5.74) is 2.24. The summed E-state index contributed by atoms with van der Waals surface area (Å²) in [5.74, 6) is 0.732. The van der Waals surface area contributed by atoms with E-state index in [9.17, 15) is 8.42 Å². The number of nitrogens with one attached hydrogen (secondary N) is 1. The molecule has 5 nitrogen and oxygen atoms in total. The molecule has 0 aliphatic rings. The van der Waals surface area contributed by atoms with E-state index in [1.807, 2.05) is 22.9 Å². The monoisotopic (exact) mass is 395 g/mol. The maximum Gasteiger partial charge on any atom is 0.244 e. The minimum absolute atomic E-state index is 0.0592. The van der Waals surface area contributed by atoms with Crippen molar-refractivity contribution < 1.29 is 17.9 Å². The molecule has 0 aliphatic carbocycles. The molecule has 0 saturated heterocycles. The highest BCUT2D eigenvalue weighted by atomic mass is 32.2. The van der Waals surface area contributed by atoms with Gasteiger partial charge in [0.25, 0.3) is 0 Å². The van der Waals surface area contributed by atoms with Gasteiger partial charge in [-0.2, -0.15) is 11.3 Å². The average Bonchev–Trinajstić information content (AvgIpc) is 3.30. The van der Waals surface area contributed by atoms with E-state index in [0.29, 0.717) is 5.75 Å². The second kappa shape index (κ2) is 7.57. The quantitative estimate of drug-likeness (QED) is 0.657. The Morgan fingerprint density at radius 2 is 1.88 bits per heavy atom. The second-order valence-corrected chi connectivity index (χ2v) is 8.67. The molecule has 0 fully saturated rings. The maximum atomic E-state index is 12.6. The van der Waals surface area contributed by atoms with Crippen molar-refractivity contribution in [3.05, 3.63) is 51.3 Å². The van der Waals surface area contributed by atoms with Crippen LogP contribution in [0.4, 0.5) is 0 Å². The zero-order valence-electron chi connectivity index (χ0n) is 13.7. The van der Waals surface area contributed by atoms with E-state index in [4.69, 9.17) is 9.47 Å². The van der Waals surface area contributed by atoms with Crippen LogP contribution in [0.15, 0.2) is 51.4 Å². The lowest BCUT2D eigenvalue weighted by Crippen LogP contribution is -2.23. The van der Waals surface area contributed by atoms with Gasteiger partial charge in [-0.3, -0.25) is 0 Å². The van der Waals surface area contributed by atoms with E-state index >= 15 is 0 Å². The van der Waals surface area contributed by atoms with Crippen LogP contribution in [0, 0.1) is 0 Å². The van der Waals surface area contributed by atoms with E-state index < -0.39 is 10.0 Å². The van der Waals surface area contributed by atoms with E-state index in [0.717, 1.165) is 16.0 Å². The highest BCUT2D eigenvalue weighted by molar-refractivity contribution is 7.89. The van der Waals surface area contributed by atoms with Crippen molar-refractivity contribution >= 4 is 32.7 Å². The Kier molecular flexibility index (Phi) is 5.43. The summed E-state index contributed by atoms with van der Waals surface area (Å²) < 4.78 is 38.2. The van der Waals surface area contributed by atoms with Gasteiger partial charge in [0, 0.05) is 17.5 Å². The number of methoxy groups -OCH3 is 2. The number of hydrogen-bond donors (Lipinski definition) is 1. The molecule has 0 bridgehead atoms. The molecular formula is C17H17NO4S3. The topological polar surface area (TPSA) is 64.6 Å². The smallest absolute Gasteiger partial charge is 0.244 e. The highest BCUT2D eigenvalue weighted by Gasteiger charge is 2.20. The van der Waals surface area contributed by atoms with Crippen LogP contribution in [-0.4, -0.2) is 22.6 Å². The molecule has 1 aromatic carbocycles. The summed E-state index contributed by atoms with van der Waals surface area (Å²) in [7, 11) is -0.798. The molecule has 2 aromatic heterocycles. The van der Waals surface area contributed by atoms with Gasteiger partial charge in [-0.05, 0) is 51.5 Å². The van der Waals surface area contributed by atoms with Gasteiger partial charge in [0.1, 0.15) is 16.4 Å². The molecule has 132 valence electrons. The van der Waals surface area contributed by atoms with Crippen molar-refractivity contribution in [1.82, 2.24) is 4.72 Å². The fraction of sp³-hybridized carbons (Fsp3) is 0.176. The van der Waals surface area contributed by atoms with Crippen LogP contribution in [0.5, 0.6) is 11.5 Å². The van der Waals surface area contributed by atoms with Gasteiger partial charge < -0.3 is 9.47 Å². The van der Waals surface area contributed by atoms with Crippen LogP contribution < -0.4 is 14.2 Å². The predicted molar refractivity (Wildman–Crippen MR) is 101 cm³/mol. The third kappa shape index (κ3) is 4.04. The number of ether oxygens (including phenoxy) is 2. The van der Waals surface area contributed by atoms with Gasteiger partial charge in [0.2, 0.25) is 10.0 Å². The van der Waals surface area contributed by atoms with E-state index in [2.05, 4.69) is 10.1 Å². The number of rotatable bonds is 7. The van der Waals surface area contributed by atoms with Crippen molar-refractivity contribution in [2.75, 3.05) is 14.2 Å². The first-order chi connectivity index (χ1) is 12.0. The molecule has 0 aliphatic heterocycles. The van der Waals surface area contributed by atoms with Crippen LogP contribution in [0.2, 0.25) is 0 Å². The SMILES string of the molecule is COc1ccc(OC)c(S(=O)(=O)NCc2cc(-c3ccsc3)cs2)c1. The average molecular weight is 396 g/mol. The van der Waals surface area contributed by atoms with Crippen molar-refractivity contribution in [3.8, 4) is 22.6 Å². The van der Waals surface area contributed by atoms with Crippen molar-refractivity contribution in [3.63, 3.8) is 0 Å². The van der Waals surface area contributed by atoms with E-state index in [1.54, 1.807) is 23.5 Å². The summed E-state index contributed by atoms with van der Waals surface area (Å²) >= 11 is 3.16. The van der Waals surface area contributed by atoms with Gasteiger partial charge in [-0.1, -0.05) is 0 Å². The van der Waals surface area contributed by atoms with Crippen molar-refractivity contribution in [2.45, 2.75) is 11.4 Å². The summed E-state index contributed by atoms with van der Waals surface area (Å²) in [6.45, 7) is 0.220. The van der Waals surface area contributed by atoms with Crippen LogP contribution in [0.3, 0.4) is 0 Å². The molecule has 0 amide bonds. The standard InChI is InChI=1S/C17H17NO4S3/c1-21-14-3-4-16(22-2)17(8-14)25(19,20)18-9-15-7-13(11-24-15)12-5-6-23-10-12/h3-8,10-11,18H,9H2,1-2H3. The largest absolute Gasteiger partial charge is 0.497 e. The zero-order chi connectivity index (χ0) is 17.9. The lowest BCUT2D eigenvalue weighted by Gasteiger charge is -2.11. The Morgan fingerprint density at radius 1 is 1.04 bits per heavy atom. The Morgan fingerprint density at radius 3 is 2.56 bits per heavy atom. The first-order valence-electron chi connectivity index (χ1n) is 7.35. The maximum absolute atomic E-state index is 12.6. The normalized spacial score (nSPS) is 11.4. The fourth-order valence-corrected chi connectivity index (χ4v) is 5.07. The molecule has 0 spiro atoms. The molecule has 3 rings (SSSR count). The van der Waals surface area contributed by atoms with Gasteiger partial charge >= 0.3 is 0 Å². The number of benzene rings is 1. The summed E-state index contributed by atoms with van der Waals surface area (Å²) in [5, 5.41) is 6.11. The third-order valence-corrected chi connectivity index (χ3v) is 6.65. The Bertz CT molecular complexity index is 946. The number of hydrogen-bond acceptors (Lipinski definition) is 6. The van der Waals surface area contributed by atoms with Crippen molar-refractivity contribution in [1.29, 1.82) is 0 Å². The predicted octanol–water partition coefficient (Wildman–Crippen LogP) is 3.97. The fourth-order valence-electron chi connectivity index (χ4n) is 2.29. The number of sulfonamides is 1. The van der Waals surface area contributed by atoms with Gasteiger partial charge in [0.05, 0.1) is 14.2 Å². The zero-order valence-corrected chi connectivity index (χ0v) is 16.1. The molecule has 0 unspecified atom stereocenters. The molecule has 1 N–H and O–H groups in total. The Hall–Kier alpha value is -1.87. The van der Waals surface area contributed by atoms with Crippen LogP contribution >= 0.6 is 22.7 Å². The first kappa shape index (κ1) is 17.9. The van der Waals surface area contributed by atoms with Crippen LogP contribution in [0.25, 0.3) is 11.1 Å². The van der Waals surface area contributed by atoms with Crippen LogP contribution in [0.1, 0.15) is 4.88 Å². The Labute approximate surface area is 154 Å². The first-order valence-corrected chi connectivity index (χ1v) is 10.7. The summed E-state index contributed by atoms with van der Waals surface area (Å²) in [6, 6.07) is 8.73. The molecule has 0 radical (unpaired) electrons. The second-order valence-electron chi connectivity index (χ2n) is 5.16. The lowest BCUT2D eigenvalue weighted by molar-refractivity contribution is 0.392. The molecule has 0 saturated carbocycles. The van der Waals surface area contributed by atoms with E-state index in [1.165, 1.54) is 31.6 Å². The molecule has 8 heteroatoms. The number of thiophene rings is 2. The molecule has 2 heterocycles. The van der Waals surface area contributed by atoms with Gasteiger partial charge in [-0.25, -0.2) is 13.1 Å². The third-order valence-electron chi connectivity index (χ3n) is 3.60. The Balaban J connectivity index is 1.78. The molecule has 3 aromatic rings. The van der Waals surface area contributed by atoms with Gasteiger partial charge in [-0.15, -0.1) is 11.3 Å². The minimum atomic E-state index is -3.72. The summed E-state index contributed by atoms with van der Waals surface area (Å²) in [6.07, 6.45) is 0. The van der Waals surface area contributed by atoms with E-state index in [-0.39, 0.29) is 17.2 Å². The highest BCUT2D eigenvalue weighted by Crippen LogP contribution is 2.30. The van der Waals surface area contributed by atoms with Crippen molar-refractivity contribution in [2.24, 2.45) is 0 Å². The lowest BCUT2D eigenvalue weighted by atomic mass is 10.2. The molecule has 0 atom stereocenters. The van der Waals surface area contributed by atoms with Gasteiger partial charge in [0.15, 0.2) is 0 Å².